The molecule has 23 heavy (non-hydrogen) atoms. The van der Waals surface area contributed by atoms with Crippen LogP contribution in [0.4, 0.5) is 5.69 Å². The highest BCUT2D eigenvalue weighted by Gasteiger charge is 2.29. The number of benzene rings is 1. The minimum absolute atomic E-state index is 0.0176. The Balaban J connectivity index is 1.80. The van der Waals surface area contributed by atoms with Crippen molar-refractivity contribution in [1.82, 2.24) is 0 Å². The van der Waals surface area contributed by atoms with Gasteiger partial charge >= 0.3 is 5.97 Å². The quantitative estimate of drug-likeness (QED) is 0.748. The van der Waals surface area contributed by atoms with E-state index < -0.39 is 0 Å². The van der Waals surface area contributed by atoms with E-state index in [1.54, 1.807) is 7.11 Å². The number of ether oxygens (including phenoxy) is 2. The monoisotopic (exact) mass is 321 g/mol. The fourth-order valence-electron chi connectivity index (χ4n) is 2.87. The molecule has 0 bridgehead atoms. The Morgan fingerprint density at radius 1 is 1.26 bits per heavy atom. The van der Waals surface area contributed by atoms with Crippen molar-refractivity contribution >= 4 is 17.6 Å². The number of quaternary nitrogens is 1. The molecule has 6 heteroatoms. The van der Waals surface area contributed by atoms with Crippen LogP contribution in [0.5, 0.6) is 5.75 Å². The van der Waals surface area contributed by atoms with Crippen molar-refractivity contribution in [2.24, 2.45) is 5.92 Å². The summed E-state index contributed by atoms with van der Waals surface area (Å²) in [5.74, 6) is 0.483. The molecule has 0 aromatic heterocycles. The first-order valence-corrected chi connectivity index (χ1v) is 8.07. The lowest BCUT2D eigenvalue weighted by Crippen LogP contribution is -3.14. The van der Waals surface area contributed by atoms with Crippen LogP contribution >= 0.6 is 0 Å². The molecule has 6 nitrogen and oxygen atoms in total. The number of likely N-dealkylation sites (tertiary alicyclic amines) is 1. The molecule has 0 aliphatic carbocycles. The summed E-state index contributed by atoms with van der Waals surface area (Å²) < 4.78 is 10.3. The number of methoxy groups -OCH3 is 1. The van der Waals surface area contributed by atoms with Gasteiger partial charge in [-0.1, -0.05) is 12.1 Å². The van der Waals surface area contributed by atoms with Crippen LogP contribution in [-0.4, -0.2) is 45.2 Å². The van der Waals surface area contributed by atoms with E-state index in [-0.39, 0.29) is 17.8 Å². The molecule has 1 heterocycles. The van der Waals surface area contributed by atoms with Gasteiger partial charge in [0.1, 0.15) is 5.75 Å². The zero-order valence-electron chi connectivity index (χ0n) is 13.8. The summed E-state index contributed by atoms with van der Waals surface area (Å²) >= 11 is 0. The first kappa shape index (κ1) is 17.3. The van der Waals surface area contributed by atoms with Crippen LogP contribution in [0.3, 0.4) is 0 Å². The average molecular weight is 321 g/mol. The topological polar surface area (TPSA) is 69.1 Å². The number of hydrogen-bond donors (Lipinski definition) is 2. The molecule has 126 valence electrons. The van der Waals surface area contributed by atoms with Gasteiger partial charge in [0.05, 0.1) is 38.4 Å². The number of carbonyl (C=O) groups is 2. The molecule has 2 N–H and O–H groups in total. The highest BCUT2D eigenvalue weighted by Crippen LogP contribution is 2.22. The van der Waals surface area contributed by atoms with Crippen molar-refractivity contribution in [3.63, 3.8) is 0 Å². The number of nitrogens with one attached hydrogen (secondary N) is 2. The summed E-state index contributed by atoms with van der Waals surface area (Å²) in [7, 11) is 1.58. The maximum Gasteiger partial charge on any atom is 0.309 e. The maximum absolute atomic E-state index is 12.2. The molecular weight excluding hydrogens is 296 g/mol. The lowest BCUT2D eigenvalue weighted by atomic mass is 9.97. The van der Waals surface area contributed by atoms with Crippen LogP contribution in [0, 0.1) is 5.92 Å². The minimum Gasteiger partial charge on any atom is -0.495 e. The number of hydrogen-bond acceptors (Lipinski definition) is 4. The number of esters is 1. The second-order valence-electron chi connectivity index (χ2n) is 5.70. The van der Waals surface area contributed by atoms with Crippen molar-refractivity contribution < 1.29 is 24.0 Å². The van der Waals surface area contributed by atoms with E-state index in [0.29, 0.717) is 24.6 Å². The standard InChI is InChI=1S/C17H24N2O4/c1-3-23-17(21)13-8-10-19(11-9-13)12-16(20)18-14-6-4-5-7-15(14)22-2/h4-7,13H,3,8-12H2,1-2H3,(H,18,20)/p+1. The Morgan fingerprint density at radius 2 is 1.96 bits per heavy atom. The Kier molecular flexibility index (Phi) is 6.40. The molecule has 1 fully saturated rings. The third-order valence-corrected chi connectivity index (χ3v) is 4.10. The average Bonchev–Trinajstić information content (AvgIpc) is 2.56. The van der Waals surface area contributed by atoms with Gasteiger partial charge in [0, 0.05) is 12.8 Å². The lowest BCUT2D eigenvalue weighted by Gasteiger charge is -2.27. The van der Waals surface area contributed by atoms with Crippen molar-refractivity contribution in [3.8, 4) is 5.75 Å². The summed E-state index contributed by atoms with van der Waals surface area (Å²) in [4.78, 5) is 25.1. The number of rotatable bonds is 6. The van der Waals surface area contributed by atoms with E-state index in [0.717, 1.165) is 25.9 Å². The Labute approximate surface area is 136 Å². The van der Waals surface area contributed by atoms with Crippen LogP contribution in [0.15, 0.2) is 24.3 Å². The predicted molar refractivity (Wildman–Crippen MR) is 86.5 cm³/mol. The molecule has 0 spiro atoms. The van der Waals surface area contributed by atoms with Gasteiger partial charge < -0.3 is 19.7 Å². The van der Waals surface area contributed by atoms with Crippen LogP contribution in [-0.2, 0) is 14.3 Å². The largest absolute Gasteiger partial charge is 0.495 e. The summed E-state index contributed by atoms with van der Waals surface area (Å²) in [6.45, 7) is 4.26. The highest BCUT2D eigenvalue weighted by atomic mass is 16.5. The van der Waals surface area contributed by atoms with E-state index in [4.69, 9.17) is 9.47 Å². The zero-order chi connectivity index (χ0) is 16.7. The van der Waals surface area contributed by atoms with Crippen LogP contribution in [0.1, 0.15) is 19.8 Å². The SMILES string of the molecule is CCOC(=O)C1CC[NH+](CC(=O)Nc2ccccc2OC)CC1. The molecule has 2 rings (SSSR count). The summed E-state index contributed by atoms with van der Waals surface area (Å²) in [6.07, 6.45) is 1.55. The van der Waals surface area contributed by atoms with Gasteiger partial charge in [-0.25, -0.2) is 0 Å². The van der Waals surface area contributed by atoms with Gasteiger partial charge in [-0.15, -0.1) is 0 Å². The van der Waals surface area contributed by atoms with Crippen molar-refractivity contribution in [3.05, 3.63) is 24.3 Å². The molecule has 1 aromatic rings. The molecule has 1 aliphatic rings. The van der Waals surface area contributed by atoms with Crippen LogP contribution in [0.25, 0.3) is 0 Å². The fourth-order valence-corrected chi connectivity index (χ4v) is 2.87. The second-order valence-corrected chi connectivity index (χ2v) is 5.70. The second kappa shape index (κ2) is 8.53. The third-order valence-electron chi connectivity index (χ3n) is 4.10. The van der Waals surface area contributed by atoms with Crippen molar-refractivity contribution in [1.29, 1.82) is 0 Å². The molecule has 1 saturated heterocycles. The third kappa shape index (κ3) is 4.96. The number of para-hydroxylation sites is 2. The summed E-state index contributed by atoms with van der Waals surface area (Å²) in [6, 6.07) is 7.35. The molecule has 1 amide bonds. The number of carbonyl (C=O) groups excluding carboxylic acids is 2. The number of amides is 1. The highest BCUT2D eigenvalue weighted by molar-refractivity contribution is 5.92. The van der Waals surface area contributed by atoms with Gasteiger partial charge in [-0.2, -0.15) is 0 Å². The van der Waals surface area contributed by atoms with E-state index in [1.165, 1.54) is 4.90 Å². The Morgan fingerprint density at radius 3 is 2.61 bits per heavy atom. The van der Waals surface area contributed by atoms with Crippen molar-refractivity contribution in [2.45, 2.75) is 19.8 Å². The Hall–Kier alpha value is -2.08. The molecule has 0 unspecified atom stereocenters. The molecule has 1 aliphatic heterocycles. The fraction of sp³-hybridized carbons (Fsp3) is 0.529. The van der Waals surface area contributed by atoms with E-state index >= 15 is 0 Å². The van der Waals surface area contributed by atoms with E-state index in [2.05, 4.69) is 5.32 Å². The lowest BCUT2D eigenvalue weighted by molar-refractivity contribution is -0.897. The molecular formula is C17H25N2O4+. The zero-order valence-corrected chi connectivity index (χ0v) is 13.8. The van der Waals surface area contributed by atoms with Gasteiger partial charge in [0.15, 0.2) is 6.54 Å². The van der Waals surface area contributed by atoms with Crippen LogP contribution in [0.2, 0.25) is 0 Å². The van der Waals surface area contributed by atoms with Gasteiger partial charge in [-0.3, -0.25) is 9.59 Å². The molecule has 1 aromatic carbocycles. The van der Waals surface area contributed by atoms with E-state index in [1.807, 2.05) is 31.2 Å². The van der Waals surface area contributed by atoms with Gasteiger partial charge in [-0.05, 0) is 19.1 Å². The maximum atomic E-state index is 12.2. The summed E-state index contributed by atoms with van der Waals surface area (Å²) in [5, 5.41) is 2.89. The first-order chi connectivity index (χ1) is 11.1. The number of piperidine rings is 1. The molecule has 0 radical (unpaired) electrons. The first-order valence-electron chi connectivity index (χ1n) is 8.07. The number of anilines is 1. The van der Waals surface area contributed by atoms with Crippen LogP contribution < -0.4 is 15.0 Å². The van der Waals surface area contributed by atoms with Crippen molar-refractivity contribution in [2.75, 3.05) is 38.7 Å². The summed E-state index contributed by atoms with van der Waals surface area (Å²) in [5.41, 5.74) is 0.681. The smallest absolute Gasteiger partial charge is 0.309 e. The molecule has 0 saturated carbocycles. The van der Waals surface area contributed by atoms with E-state index in [9.17, 15) is 9.59 Å². The Bertz CT molecular complexity index is 539. The minimum atomic E-state index is -0.106. The predicted octanol–water partition coefficient (Wildman–Crippen LogP) is 0.492. The van der Waals surface area contributed by atoms with Gasteiger partial charge in [0.2, 0.25) is 0 Å². The van der Waals surface area contributed by atoms with Gasteiger partial charge in [0.25, 0.3) is 5.91 Å². The normalized spacial score (nSPS) is 20.6. The molecule has 0 atom stereocenters.